The number of methoxy groups -OCH3 is 1. The number of nitrogens with one attached hydrogen (secondary N) is 1. The summed E-state index contributed by atoms with van der Waals surface area (Å²) in [7, 11) is 1.56. The Labute approximate surface area is 204 Å². The highest BCUT2D eigenvalue weighted by Gasteiger charge is 2.24. The molecule has 35 heavy (non-hydrogen) atoms. The lowest BCUT2D eigenvalue weighted by atomic mass is 10.1. The van der Waals surface area contributed by atoms with E-state index in [9.17, 15) is 4.79 Å². The number of rotatable bonds is 9. The van der Waals surface area contributed by atoms with Gasteiger partial charge in [0, 0.05) is 23.0 Å². The van der Waals surface area contributed by atoms with Gasteiger partial charge in [-0.05, 0) is 57.5 Å². The zero-order valence-electron chi connectivity index (χ0n) is 20.6. The Balaban J connectivity index is 0.00000137. The average molecular weight is 482 g/mol. The molecule has 3 N–H and O–H groups in total. The second kappa shape index (κ2) is 12.4. The minimum absolute atomic E-state index is 0.242. The number of carbonyl (C=O) groups is 1. The second-order valence-corrected chi connectivity index (χ2v) is 8.46. The largest absolute Gasteiger partial charge is 0.497 e. The van der Waals surface area contributed by atoms with Gasteiger partial charge in [-0.15, -0.1) is 0 Å². The number of pyridine rings is 1. The second-order valence-electron chi connectivity index (χ2n) is 8.46. The Morgan fingerprint density at radius 1 is 1.11 bits per heavy atom. The Morgan fingerprint density at radius 2 is 1.80 bits per heavy atom. The monoisotopic (exact) mass is 481 g/mol. The van der Waals surface area contributed by atoms with Crippen LogP contribution in [0.1, 0.15) is 43.2 Å². The molecule has 2 aromatic carbocycles. The lowest BCUT2D eigenvalue weighted by Gasteiger charge is -2.27. The summed E-state index contributed by atoms with van der Waals surface area (Å²) in [6.07, 6.45) is 1.12. The molecule has 9 heteroatoms. The molecule has 0 aliphatic heterocycles. The molecule has 1 aromatic heterocycles. The lowest BCUT2D eigenvalue weighted by Crippen LogP contribution is -2.47. The number of nitrogens with zero attached hydrogens (tertiary/aromatic N) is 1. The number of aromatic nitrogens is 1. The van der Waals surface area contributed by atoms with Crippen LogP contribution in [0.5, 0.6) is 17.2 Å². The topological polar surface area (TPSA) is 130 Å². The van der Waals surface area contributed by atoms with Crippen LogP contribution < -0.4 is 25.3 Å². The van der Waals surface area contributed by atoms with E-state index < -0.39 is 5.54 Å². The molecule has 9 nitrogen and oxygen atoms in total. The van der Waals surface area contributed by atoms with Gasteiger partial charge in [0.1, 0.15) is 23.9 Å². The number of hydrogen-bond acceptors (Lipinski definition) is 8. The Hall–Kier alpha value is -4.10. The number of carbonyl (C=O) groups excluding carboxylic acids is 3. The summed E-state index contributed by atoms with van der Waals surface area (Å²) in [6.45, 7) is 8.54. The van der Waals surface area contributed by atoms with Crippen molar-refractivity contribution in [3.8, 4) is 17.2 Å². The van der Waals surface area contributed by atoms with E-state index in [-0.39, 0.29) is 18.7 Å². The quantitative estimate of drug-likeness (QED) is 0.470. The van der Waals surface area contributed by atoms with E-state index in [0.29, 0.717) is 35.1 Å². The zero-order chi connectivity index (χ0) is 26.0. The molecule has 0 unspecified atom stereocenters. The van der Waals surface area contributed by atoms with Crippen molar-refractivity contribution < 1.29 is 28.6 Å². The number of benzene rings is 2. The van der Waals surface area contributed by atoms with Crippen LogP contribution in [0.15, 0.2) is 42.5 Å². The average Bonchev–Trinajstić information content (AvgIpc) is 2.81. The summed E-state index contributed by atoms with van der Waals surface area (Å²) >= 11 is 0. The summed E-state index contributed by atoms with van der Waals surface area (Å²) < 4.78 is 17.1. The highest BCUT2D eigenvalue weighted by atomic mass is 16.5. The molecule has 186 valence electrons. The number of aryl methyl sites for hydroxylation is 1. The van der Waals surface area contributed by atoms with Gasteiger partial charge in [0.15, 0.2) is 0 Å². The van der Waals surface area contributed by atoms with Crippen LogP contribution >= 0.6 is 0 Å². The maximum absolute atomic E-state index is 13.0. The zero-order valence-corrected chi connectivity index (χ0v) is 20.6. The summed E-state index contributed by atoms with van der Waals surface area (Å²) in [6, 6.07) is 12.6. The van der Waals surface area contributed by atoms with Crippen LogP contribution in [0.4, 0.5) is 5.69 Å². The van der Waals surface area contributed by atoms with Crippen LogP contribution in [0.3, 0.4) is 0 Å². The molecule has 1 heterocycles. The summed E-state index contributed by atoms with van der Waals surface area (Å²) in [4.78, 5) is 33.7. The summed E-state index contributed by atoms with van der Waals surface area (Å²) in [5.41, 5.74) is 8.25. The standard InChI is InChI=1S/C25H31N3O4.CO2/c1-6-10-31-19-13-17(12-18(14-19)30-5)24(29)28-25(3,4)15-32-22-9-7-8-21-23(22)20(26)11-16(2)27-21;2-1-3/h7-9,11-14H,6,10,15H2,1-5H3,(H2,26,27)(H,28,29);. The van der Waals surface area contributed by atoms with Gasteiger partial charge in [0.2, 0.25) is 0 Å². The van der Waals surface area contributed by atoms with Crippen molar-refractivity contribution in [3.63, 3.8) is 0 Å². The fourth-order valence-corrected chi connectivity index (χ4v) is 3.34. The Bertz CT molecular complexity index is 1200. The molecule has 0 fully saturated rings. The highest BCUT2D eigenvalue weighted by molar-refractivity contribution is 5.96. The maximum atomic E-state index is 13.0. The van der Waals surface area contributed by atoms with Crippen LogP contribution in [0, 0.1) is 6.92 Å². The first-order chi connectivity index (χ1) is 16.6. The maximum Gasteiger partial charge on any atom is 0.373 e. The van der Waals surface area contributed by atoms with Crippen molar-refractivity contribution in [1.82, 2.24) is 10.3 Å². The van der Waals surface area contributed by atoms with Crippen LogP contribution in [0.25, 0.3) is 10.9 Å². The number of anilines is 1. The number of fused-ring (bicyclic) bond motifs is 1. The van der Waals surface area contributed by atoms with E-state index in [1.165, 1.54) is 0 Å². The van der Waals surface area contributed by atoms with Crippen LogP contribution in [-0.2, 0) is 9.59 Å². The minimum Gasteiger partial charge on any atom is -0.497 e. The fourth-order valence-electron chi connectivity index (χ4n) is 3.34. The van der Waals surface area contributed by atoms with Gasteiger partial charge in [-0.2, -0.15) is 9.59 Å². The molecule has 3 rings (SSSR count). The van der Waals surface area contributed by atoms with E-state index >= 15 is 0 Å². The van der Waals surface area contributed by atoms with Gasteiger partial charge in [-0.25, -0.2) is 0 Å². The minimum atomic E-state index is -0.653. The van der Waals surface area contributed by atoms with Crippen LogP contribution in [-0.4, -0.2) is 42.9 Å². The molecule has 0 aliphatic carbocycles. The number of nitrogen functional groups attached to an aromatic ring is 1. The number of nitrogens with two attached hydrogens (primary N) is 1. The van der Waals surface area contributed by atoms with Crippen molar-refractivity contribution in [1.29, 1.82) is 0 Å². The van der Waals surface area contributed by atoms with E-state index in [1.54, 1.807) is 25.3 Å². The van der Waals surface area contributed by atoms with Gasteiger partial charge >= 0.3 is 6.15 Å². The van der Waals surface area contributed by atoms with Gasteiger partial charge in [-0.1, -0.05) is 13.0 Å². The molecule has 0 aliphatic rings. The third kappa shape index (κ3) is 7.72. The molecule has 0 saturated heterocycles. The SMILES string of the molecule is CCCOc1cc(OC)cc(C(=O)NC(C)(C)COc2cccc3nc(C)cc(N)c23)c1.O=C=O. The molecular formula is C26H31N3O6. The Morgan fingerprint density at radius 3 is 2.46 bits per heavy atom. The normalized spacial score (nSPS) is 10.5. The van der Waals surface area contributed by atoms with Crippen molar-refractivity contribution in [2.24, 2.45) is 0 Å². The first-order valence-electron chi connectivity index (χ1n) is 11.1. The van der Waals surface area contributed by atoms with Gasteiger partial charge in [0.05, 0.1) is 30.2 Å². The molecule has 1 amide bonds. The molecule has 0 saturated carbocycles. The lowest BCUT2D eigenvalue weighted by molar-refractivity contribution is -0.191. The van der Waals surface area contributed by atoms with Gasteiger partial charge < -0.3 is 25.3 Å². The van der Waals surface area contributed by atoms with E-state index in [0.717, 1.165) is 23.0 Å². The van der Waals surface area contributed by atoms with E-state index in [1.807, 2.05) is 52.0 Å². The first-order valence-corrected chi connectivity index (χ1v) is 11.1. The highest BCUT2D eigenvalue weighted by Crippen LogP contribution is 2.31. The van der Waals surface area contributed by atoms with Crippen molar-refractivity contribution in [2.45, 2.75) is 39.7 Å². The van der Waals surface area contributed by atoms with E-state index in [2.05, 4.69) is 10.3 Å². The number of ether oxygens (including phenoxy) is 3. The molecular weight excluding hydrogens is 450 g/mol. The van der Waals surface area contributed by atoms with Crippen LogP contribution in [0.2, 0.25) is 0 Å². The smallest absolute Gasteiger partial charge is 0.373 e. The van der Waals surface area contributed by atoms with Crippen molar-refractivity contribution >= 4 is 28.6 Å². The molecule has 0 atom stereocenters. The first kappa shape index (κ1) is 27.1. The van der Waals surface area contributed by atoms with Crippen molar-refractivity contribution in [3.05, 3.63) is 53.7 Å². The summed E-state index contributed by atoms with van der Waals surface area (Å²) in [5.74, 6) is 1.55. The van der Waals surface area contributed by atoms with Gasteiger partial charge in [0.25, 0.3) is 5.91 Å². The predicted molar refractivity (Wildman–Crippen MR) is 132 cm³/mol. The Kier molecular flexibility index (Phi) is 9.61. The van der Waals surface area contributed by atoms with Crippen molar-refractivity contribution in [2.75, 3.05) is 26.1 Å². The molecule has 0 radical (unpaired) electrons. The third-order valence-corrected chi connectivity index (χ3v) is 4.85. The molecule has 0 spiro atoms. The molecule has 0 bridgehead atoms. The number of amides is 1. The summed E-state index contributed by atoms with van der Waals surface area (Å²) in [5, 5.41) is 3.80. The number of hydrogen-bond donors (Lipinski definition) is 2. The third-order valence-electron chi connectivity index (χ3n) is 4.85. The van der Waals surface area contributed by atoms with E-state index in [4.69, 9.17) is 29.5 Å². The predicted octanol–water partition coefficient (Wildman–Crippen LogP) is 3.93. The fraction of sp³-hybridized carbons (Fsp3) is 0.346. The van der Waals surface area contributed by atoms with Gasteiger partial charge in [-0.3, -0.25) is 9.78 Å². The molecule has 3 aromatic rings.